The van der Waals surface area contributed by atoms with Crippen molar-refractivity contribution in [2.45, 2.75) is 27.7 Å². The Hall–Kier alpha value is -2.58. The summed E-state index contributed by atoms with van der Waals surface area (Å²) in [4.78, 5) is 4.57. The summed E-state index contributed by atoms with van der Waals surface area (Å²) in [5.41, 5.74) is 9.09. The molecular formula is C25H27ClN2. The first kappa shape index (κ1) is 20.2. The van der Waals surface area contributed by atoms with Gasteiger partial charge in [0.25, 0.3) is 0 Å². The van der Waals surface area contributed by atoms with Crippen LogP contribution in [0.25, 0.3) is 5.57 Å². The average molecular weight is 391 g/mol. The van der Waals surface area contributed by atoms with Crippen molar-refractivity contribution < 1.29 is 0 Å². The van der Waals surface area contributed by atoms with Crippen LogP contribution in [-0.4, -0.2) is 18.8 Å². The number of hydrogen-bond acceptors (Lipinski definition) is 2. The van der Waals surface area contributed by atoms with Crippen molar-refractivity contribution >= 4 is 28.6 Å². The van der Waals surface area contributed by atoms with Gasteiger partial charge in [-0.3, -0.25) is 4.99 Å². The van der Waals surface area contributed by atoms with Gasteiger partial charge >= 0.3 is 0 Å². The highest BCUT2D eigenvalue weighted by Gasteiger charge is 2.16. The van der Waals surface area contributed by atoms with Crippen LogP contribution in [0.3, 0.4) is 0 Å². The Balaban J connectivity index is 2.21. The summed E-state index contributed by atoms with van der Waals surface area (Å²) in [7, 11) is 0. The fraction of sp³-hybridized carbons (Fsp3) is 0.240. The van der Waals surface area contributed by atoms with E-state index in [1.54, 1.807) is 0 Å². The summed E-state index contributed by atoms with van der Waals surface area (Å²) < 4.78 is 0. The summed E-state index contributed by atoms with van der Waals surface area (Å²) in [6.07, 6.45) is 6.46. The summed E-state index contributed by atoms with van der Waals surface area (Å²) in [5, 5.41) is 4.17. The predicted octanol–water partition coefficient (Wildman–Crippen LogP) is 6.86. The third-order valence-electron chi connectivity index (χ3n) is 4.84. The zero-order valence-electron chi connectivity index (χ0n) is 17.0. The van der Waals surface area contributed by atoms with E-state index in [0.717, 1.165) is 51.8 Å². The van der Waals surface area contributed by atoms with Gasteiger partial charge in [0, 0.05) is 29.4 Å². The molecule has 2 aromatic rings. The Labute approximate surface area is 173 Å². The molecule has 0 fully saturated rings. The van der Waals surface area contributed by atoms with E-state index in [1.165, 1.54) is 11.1 Å². The van der Waals surface area contributed by atoms with Gasteiger partial charge in [-0.2, -0.15) is 0 Å². The highest BCUT2D eigenvalue weighted by Crippen LogP contribution is 2.35. The van der Waals surface area contributed by atoms with Gasteiger partial charge < -0.3 is 5.32 Å². The number of allylic oxidation sites excluding steroid dienone is 5. The molecule has 3 rings (SSSR count). The van der Waals surface area contributed by atoms with E-state index in [9.17, 15) is 0 Å². The lowest BCUT2D eigenvalue weighted by molar-refractivity contribution is 1.13. The minimum Gasteiger partial charge on any atom is -0.385 e. The van der Waals surface area contributed by atoms with E-state index in [1.807, 2.05) is 18.2 Å². The molecule has 1 aliphatic carbocycles. The van der Waals surface area contributed by atoms with E-state index >= 15 is 0 Å². The summed E-state index contributed by atoms with van der Waals surface area (Å²) in [6, 6.07) is 14.6. The molecule has 0 aliphatic heterocycles. The molecule has 0 unspecified atom stereocenters. The maximum atomic E-state index is 6.61. The molecule has 0 spiro atoms. The number of halogens is 1. The van der Waals surface area contributed by atoms with Crippen LogP contribution in [0, 0.1) is 6.92 Å². The average Bonchev–Trinajstić information content (AvgIpc) is 2.68. The van der Waals surface area contributed by atoms with Crippen molar-refractivity contribution in [1.29, 1.82) is 0 Å². The van der Waals surface area contributed by atoms with Crippen molar-refractivity contribution in [2.24, 2.45) is 4.99 Å². The molecule has 0 amide bonds. The van der Waals surface area contributed by atoms with Crippen LogP contribution in [-0.2, 0) is 0 Å². The number of aliphatic imine (C=N–C) groups is 1. The maximum Gasteiger partial charge on any atom is 0.0603 e. The molecule has 0 bridgehead atoms. The number of rotatable bonds is 5. The van der Waals surface area contributed by atoms with Crippen LogP contribution in [0.5, 0.6) is 0 Å². The van der Waals surface area contributed by atoms with Gasteiger partial charge in [-0.05, 0) is 85.9 Å². The Kier molecular flexibility index (Phi) is 6.53. The van der Waals surface area contributed by atoms with Crippen LogP contribution in [0.15, 0.2) is 76.8 Å². The zero-order valence-corrected chi connectivity index (χ0v) is 17.8. The monoisotopic (exact) mass is 390 g/mol. The topological polar surface area (TPSA) is 24.4 Å². The van der Waals surface area contributed by atoms with Crippen LogP contribution < -0.4 is 5.32 Å². The van der Waals surface area contributed by atoms with E-state index in [4.69, 9.17) is 11.6 Å². The van der Waals surface area contributed by atoms with Crippen molar-refractivity contribution in [3.05, 3.63) is 93.6 Å². The lowest BCUT2D eigenvalue weighted by Gasteiger charge is -2.18. The van der Waals surface area contributed by atoms with Crippen LogP contribution in [0.4, 0.5) is 5.69 Å². The maximum absolute atomic E-state index is 6.61. The smallest absolute Gasteiger partial charge is 0.0603 e. The van der Waals surface area contributed by atoms with Crippen LogP contribution >= 0.6 is 11.6 Å². The van der Waals surface area contributed by atoms with Crippen molar-refractivity contribution in [1.82, 2.24) is 0 Å². The van der Waals surface area contributed by atoms with E-state index in [2.05, 4.69) is 80.5 Å². The zero-order chi connectivity index (χ0) is 20.1. The summed E-state index contributed by atoms with van der Waals surface area (Å²) in [5.74, 6) is 0. The first-order valence-electron chi connectivity index (χ1n) is 9.80. The Morgan fingerprint density at radius 1 is 1.04 bits per heavy atom. The van der Waals surface area contributed by atoms with Crippen LogP contribution in [0.1, 0.15) is 37.5 Å². The second-order valence-electron chi connectivity index (χ2n) is 6.89. The lowest BCUT2D eigenvalue weighted by Crippen LogP contribution is -2.04. The molecule has 0 saturated heterocycles. The molecule has 0 aromatic heterocycles. The quantitative estimate of drug-likeness (QED) is 0.592. The molecule has 0 radical (unpaired) electrons. The van der Waals surface area contributed by atoms with Crippen molar-refractivity contribution in [2.75, 3.05) is 18.4 Å². The molecule has 28 heavy (non-hydrogen) atoms. The Morgan fingerprint density at radius 2 is 1.82 bits per heavy atom. The second-order valence-corrected chi connectivity index (χ2v) is 7.30. The van der Waals surface area contributed by atoms with E-state index in [0.29, 0.717) is 0 Å². The molecular weight excluding hydrogens is 364 g/mol. The Bertz CT molecular complexity index is 993. The van der Waals surface area contributed by atoms with Crippen molar-refractivity contribution in [3.63, 3.8) is 0 Å². The van der Waals surface area contributed by atoms with Gasteiger partial charge in [-0.25, -0.2) is 0 Å². The predicted molar refractivity (Wildman–Crippen MR) is 124 cm³/mol. The van der Waals surface area contributed by atoms with Crippen LogP contribution in [0.2, 0.25) is 5.02 Å². The van der Waals surface area contributed by atoms with Gasteiger partial charge in [0.15, 0.2) is 0 Å². The van der Waals surface area contributed by atoms with Gasteiger partial charge in [-0.15, -0.1) is 0 Å². The molecule has 2 aromatic carbocycles. The molecule has 1 N–H and O–H groups in total. The molecule has 0 saturated carbocycles. The molecule has 3 heteroatoms. The lowest BCUT2D eigenvalue weighted by atomic mass is 9.88. The minimum atomic E-state index is 0.755. The first-order valence-corrected chi connectivity index (χ1v) is 10.2. The number of hydrogen-bond donors (Lipinski definition) is 1. The molecule has 2 nitrogen and oxygen atoms in total. The van der Waals surface area contributed by atoms with Gasteiger partial charge in [0.05, 0.1) is 5.71 Å². The highest BCUT2D eigenvalue weighted by atomic mass is 35.5. The normalized spacial score (nSPS) is 16.9. The first-order chi connectivity index (χ1) is 13.5. The Morgan fingerprint density at radius 3 is 2.46 bits per heavy atom. The SMILES string of the molecule is CCN=C1C=C/C(=C(\c2ccc(NCC)c(C)c2)c2ccccc2Cl)C=C1C. The molecule has 1 aliphatic rings. The largest absolute Gasteiger partial charge is 0.385 e. The second kappa shape index (κ2) is 9.07. The number of aryl methyl sites for hydroxylation is 1. The van der Waals surface area contributed by atoms with Gasteiger partial charge in [0.1, 0.15) is 0 Å². The number of anilines is 1. The minimum absolute atomic E-state index is 0.755. The third-order valence-corrected chi connectivity index (χ3v) is 5.17. The number of benzene rings is 2. The van der Waals surface area contributed by atoms with E-state index in [-0.39, 0.29) is 0 Å². The molecule has 0 heterocycles. The van der Waals surface area contributed by atoms with Gasteiger partial charge in [0.2, 0.25) is 0 Å². The molecule has 144 valence electrons. The number of nitrogens with one attached hydrogen (secondary N) is 1. The number of nitrogens with zero attached hydrogens (tertiary/aromatic N) is 1. The molecule has 0 atom stereocenters. The van der Waals surface area contributed by atoms with Gasteiger partial charge in [-0.1, -0.05) is 41.9 Å². The fourth-order valence-electron chi connectivity index (χ4n) is 3.51. The third kappa shape index (κ3) is 4.28. The summed E-state index contributed by atoms with van der Waals surface area (Å²) in [6.45, 7) is 10.1. The summed E-state index contributed by atoms with van der Waals surface area (Å²) >= 11 is 6.61. The standard InChI is InChI=1S/C25H27ClN2/c1-5-27-23-13-11-19(15-17(23)3)25(21-9-7-8-10-22(21)26)20-12-14-24(28-6-2)18(4)16-20/h7-16,27H,5-6H2,1-4H3/b25-20-,28-24?. The van der Waals surface area contributed by atoms with Crippen molar-refractivity contribution in [3.8, 4) is 0 Å². The fourth-order valence-corrected chi connectivity index (χ4v) is 3.74. The van der Waals surface area contributed by atoms with E-state index < -0.39 is 0 Å². The highest BCUT2D eigenvalue weighted by molar-refractivity contribution is 6.32.